The molecular formula is C25H24ClFN2O2. The summed E-state index contributed by atoms with van der Waals surface area (Å²) in [5.41, 5.74) is 5.91. The summed E-state index contributed by atoms with van der Waals surface area (Å²) in [5, 5.41) is 3.67. The number of nitrogens with one attached hydrogen (secondary N) is 1. The number of H-pyrrole nitrogens is 1. The van der Waals surface area contributed by atoms with E-state index in [2.05, 4.69) is 46.7 Å². The number of nitrogens with two attached hydrogens (primary N) is 1. The van der Waals surface area contributed by atoms with E-state index in [1.807, 2.05) is 6.07 Å². The quantitative estimate of drug-likeness (QED) is 0.490. The van der Waals surface area contributed by atoms with Crippen LogP contribution in [0.25, 0.3) is 10.9 Å². The molecule has 0 aliphatic carbocycles. The van der Waals surface area contributed by atoms with Crippen LogP contribution in [0.15, 0.2) is 66.7 Å². The van der Waals surface area contributed by atoms with E-state index in [0.717, 1.165) is 24.3 Å². The zero-order valence-electron chi connectivity index (χ0n) is 17.2. The van der Waals surface area contributed by atoms with Crippen molar-refractivity contribution in [2.45, 2.75) is 19.1 Å². The Morgan fingerprint density at radius 1 is 1.03 bits per heavy atom. The smallest absolute Gasteiger partial charge is 0.165 e. The Kier molecular flexibility index (Phi) is 6.16. The fraction of sp³-hybridized carbons (Fsp3) is 0.200. The van der Waals surface area contributed by atoms with Gasteiger partial charge in [-0.1, -0.05) is 30.3 Å². The number of ether oxygens (including phenoxy) is 2. The van der Waals surface area contributed by atoms with Gasteiger partial charge in [-0.2, -0.15) is 0 Å². The molecule has 0 saturated carbocycles. The van der Waals surface area contributed by atoms with Gasteiger partial charge in [0, 0.05) is 28.5 Å². The summed E-state index contributed by atoms with van der Waals surface area (Å²) in [6.07, 6.45) is 1.05. The van der Waals surface area contributed by atoms with E-state index in [-0.39, 0.29) is 36.6 Å². The van der Waals surface area contributed by atoms with Crippen molar-refractivity contribution in [2.75, 3.05) is 13.7 Å². The third-order valence-electron chi connectivity index (χ3n) is 5.84. The summed E-state index contributed by atoms with van der Waals surface area (Å²) < 4.78 is 25.2. The number of aromatic nitrogens is 1. The molecule has 0 spiro atoms. The fourth-order valence-corrected chi connectivity index (χ4v) is 4.39. The largest absolute Gasteiger partial charge is 1.00 e. The molecule has 1 atom stereocenters. The highest BCUT2D eigenvalue weighted by Crippen LogP contribution is 2.32. The molecule has 6 heteroatoms. The molecule has 0 amide bonds. The Hall–Kier alpha value is -3.02. The van der Waals surface area contributed by atoms with Gasteiger partial charge in [0.2, 0.25) is 0 Å². The van der Waals surface area contributed by atoms with E-state index in [1.54, 1.807) is 25.3 Å². The monoisotopic (exact) mass is 438 g/mol. The Labute approximate surface area is 186 Å². The Bertz CT molecular complexity index is 1210. The van der Waals surface area contributed by atoms with Crippen LogP contribution in [-0.4, -0.2) is 18.6 Å². The van der Waals surface area contributed by atoms with Crippen molar-refractivity contribution in [1.82, 2.24) is 4.98 Å². The number of hydrogen-bond acceptors (Lipinski definition) is 2. The van der Waals surface area contributed by atoms with Gasteiger partial charge >= 0.3 is 0 Å². The van der Waals surface area contributed by atoms with Crippen molar-refractivity contribution >= 4 is 10.9 Å². The molecule has 1 aliphatic rings. The maximum atomic E-state index is 13.9. The molecule has 1 aliphatic heterocycles. The number of benzene rings is 3. The van der Waals surface area contributed by atoms with E-state index in [0.29, 0.717) is 0 Å². The number of para-hydroxylation sites is 2. The lowest BCUT2D eigenvalue weighted by Crippen LogP contribution is -3.00. The van der Waals surface area contributed by atoms with Crippen molar-refractivity contribution < 1.29 is 31.6 Å². The van der Waals surface area contributed by atoms with Crippen LogP contribution in [0, 0.1) is 5.82 Å². The number of hydrogen-bond donors (Lipinski definition) is 2. The number of halogens is 2. The van der Waals surface area contributed by atoms with Crippen LogP contribution in [-0.2, 0) is 13.0 Å². The molecule has 5 rings (SSSR count). The van der Waals surface area contributed by atoms with E-state index in [1.165, 1.54) is 33.8 Å². The second-order valence-corrected chi connectivity index (χ2v) is 7.61. The number of fused-ring (bicyclic) bond motifs is 3. The Morgan fingerprint density at radius 3 is 2.68 bits per heavy atom. The zero-order valence-corrected chi connectivity index (χ0v) is 18.0. The van der Waals surface area contributed by atoms with Gasteiger partial charge in [-0.05, 0) is 42.0 Å². The maximum absolute atomic E-state index is 13.9. The molecule has 0 fully saturated rings. The Balaban J connectivity index is 0.00000231. The van der Waals surface area contributed by atoms with E-state index >= 15 is 0 Å². The van der Waals surface area contributed by atoms with Gasteiger partial charge in [-0.15, -0.1) is 0 Å². The van der Waals surface area contributed by atoms with E-state index in [4.69, 9.17) is 9.47 Å². The van der Waals surface area contributed by atoms with Gasteiger partial charge in [-0.3, -0.25) is 0 Å². The van der Waals surface area contributed by atoms with Crippen LogP contribution < -0.4 is 27.2 Å². The standard InChI is InChI=1S/C25H23FN2O2.ClH/c1-29-22-11-10-16(14-17(22)15-30-23-9-5-3-7-20(23)26)24-25-19(12-13-27-24)18-6-2-4-8-21(18)28-25;/h2-11,14,24,27-28H,12-13,15H2,1H3;1H. The van der Waals surface area contributed by atoms with Gasteiger partial charge in [0.25, 0.3) is 0 Å². The normalized spacial score (nSPS) is 15.2. The first-order chi connectivity index (χ1) is 14.7. The Morgan fingerprint density at radius 2 is 1.84 bits per heavy atom. The van der Waals surface area contributed by atoms with Crippen molar-refractivity contribution in [3.8, 4) is 11.5 Å². The highest BCUT2D eigenvalue weighted by molar-refractivity contribution is 5.85. The number of methoxy groups -OCH3 is 1. The third-order valence-corrected chi connectivity index (χ3v) is 5.84. The molecule has 3 N–H and O–H groups in total. The molecule has 4 nitrogen and oxygen atoms in total. The minimum Gasteiger partial charge on any atom is -1.00 e. The van der Waals surface area contributed by atoms with Crippen LogP contribution in [0.1, 0.15) is 28.4 Å². The maximum Gasteiger partial charge on any atom is 0.165 e. The van der Waals surface area contributed by atoms with Crippen molar-refractivity contribution in [3.63, 3.8) is 0 Å². The highest BCUT2D eigenvalue weighted by Gasteiger charge is 2.29. The van der Waals surface area contributed by atoms with Gasteiger partial charge < -0.3 is 32.2 Å². The van der Waals surface area contributed by atoms with Gasteiger partial charge in [-0.25, -0.2) is 4.39 Å². The van der Waals surface area contributed by atoms with E-state index in [9.17, 15) is 4.39 Å². The molecule has 4 aromatic rings. The molecule has 3 aromatic carbocycles. The predicted molar refractivity (Wildman–Crippen MR) is 114 cm³/mol. The average Bonchev–Trinajstić information content (AvgIpc) is 3.17. The van der Waals surface area contributed by atoms with Crippen molar-refractivity contribution in [3.05, 3.63) is 94.9 Å². The van der Waals surface area contributed by atoms with Crippen LogP contribution in [0.4, 0.5) is 4.39 Å². The van der Waals surface area contributed by atoms with Crippen LogP contribution in [0.3, 0.4) is 0 Å². The van der Waals surface area contributed by atoms with Crippen molar-refractivity contribution in [1.29, 1.82) is 0 Å². The second kappa shape index (κ2) is 9.00. The molecule has 0 saturated heterocycles. The molecule has 1 aromatic heterocycles. The van der Waals surface area contributed by atoms with E-state index < -0.39 is 0 Å². The summed E-state index contributed by atoms with van der Waals surface area (Å²) in [4.78, 5) is 3.63. The highest BCUT2D eigenvalue weighted by atomic mass is 35.5. The van der Waals surface area contributed by atoms with Crippen LogP contribution in [0.5, 0.6) is 11.5 Å². The fourth-order valence-electron chi connectivity index (χ4n) is 4.39. The predicted octanol–water partition coefficient (Wildman–Crippen LogP) is 1.11. The molecule has 0 bridgehead atoms. The van der Waals surface area contributed by atoms with Gasteiger partial charge in [0.15, 0.2) is 17.6 Å². The minimum absolute atomic E-state index is 0. The van der Waals surface area contributed by atoms with Crippen molar-refractivity contribution in [2.24, 2.45) is 0 Å². The molecule has 1 unspecified atom stereocenters. The zero-order chi connectivity index (χ0) is 20.5. The summed E-state index contributed by atoms with van der Waals surface area (Å²) in [7, 11) is 1.64. The molecular weight excluding hydrogens is 415 g/mol. The first-order valence-corrected chi connectivity index (χ1v) is 10.2. The first kappa shape index (κ1) is 21.2. The molecule has 160 valence electrons. The second-order valence-electron chi connectivity index (χ2n) is 7.61. The van der Waals surface area contributed by atoms with Crippen LogP contribution >= 0.6 is 0 Å². The van der Waals surface area contributed by atoms with Gasteiger partial charge in [0.1, 0.15) is 12.4 Å². The summed E-state index contributed by atoms with van der Waals surface area (Å²) >= 11 is 0. The lowest BCUT2D eigenvalue weighted by atomic mass is 9.93. The summed E-state index contributed by atoms with van der Waals surface area (Å²) in [6, 6.07) is 21.3. The lowest BCUT2D eigenvalue weighted by molar-refractivity contribution is -0.690. The third kappa shape index (κ3) is 3.99. The average molecular weight is 439 g/mol. The minimum atomic E-state index is -0.365. The summed E-state index contributed by atoms with van der Waals surface area (Å²) in [6.45, 7) is 1.27. The number of rotatable bonds is 5. The summed E-state index contributed by atoms with van der Waals surface area (Å²) in [5.74, 6) is 0.616. The first-order valence-electron chi connectivity index (χ1n) is 10.2. The molecule has 2 heterocycles. The molecule has 31 heavy (non-hydrogen) atoms. The molecule has 0 radical (unpaired) electrons. The lowest BCUT2D eigenvalue weighted by Gasteiger charge is -2.22. The van der Waals surface area contributed by atoms with Crippen LogP contribution in [0.2, 0.25) is 0 Å². The number of aromatic amines is 1. The topological polar surface area (TPSA) is 50.9 Å². The SMILES string of the molecule is COc1ccc(C2[NH2+]CCc3c2[nH]c2ccccc32)cc1COc1ccccc1F.[Cl-]. The number of quaternary nitrogens is 1. The van der Waals surface area contributed by atoms with Gasteiger partial charge in [0.05, 0.1) is 19.3 Å².